The summed E-state index contributed by atoms with van der Waals surface area (Å²) in [5.74, 6) is 0.121. The third kappa shape index (κ3) is 2.89. The molecular formula is C15H20N2O2. The molecule has 1 saturated carbocycles. The van der Waals surface area contributed by atoms with E-state index in [-0.39, 0.29) is 5.91 Å². The largest absolute Gasteiger partial charge is 0.382 e. The van der Waals surface area contributed by atoms with Crippen LogP contribution in [0.4, 0.5) is 5.69 Å². The number of carbonyl (C=O) groups excluding carboxylic acids is 1. The Labute approximate surface area is 113 Å². The van der Waals surface area contributed by atoms with Gasteiger partial charge in [-0.15, -0.1) is 0 Å². The molecular weight excluding hydrogens is 240 g/mol. The Hall–Kier alpha value is -1.55. The lowest BCUT2D eigenvalue weighted by Crippen LogP contribution is -2.41. The van der Waals surface area contributed by atoms with Crippen LogP contribution in [0.5, 0.6) is 0 Å². The lowest BCUT2D eigenvalue weighted by molar-refractivity contribution is 0.0303. The molecule has 1 saturated heterocycles. The van der Waals surface area contributed by atoms with Crippen LogP contribution >= 0.6 is 0 Å². The van der Waals surface area contributed by atoms with E-state index in [1.807, 2.05) is 24.0 Å². The van der Waals surface area contributed by atoms with Gasteiger partial charge in [-0.2, -0.15) is 0 Å². The Morgan fingerprint density at radius 1 is 1.32 bits per heavy atom. The van der Waals surface area contributed by atoms with Gasteiger partial charge in [0, 0.05) is 24.8 Å². The van der Waals surface area contributed by atoms with Crippen LogP contribution in [0, 0.1) is 6.92 Å². The summed E-state index contributed by atoms with van der Waals surface area (Å²) in [6.07, 6.45) is 2.41. The third-order valence-electron chi connectivity index (χ3n) is 3.64. The summed E-state index contributed by atoms with van der Waals surface area (Å²) in [4.78, 5) is 14.5. The van der Waals surface area contributed by atoms with Gasteiger partial charge in [-0.25, -0.2) is 0 Å². The van der Waals surface area contributed by atoms with Gasteiger partial charge in [-0.3, -0.25) is 4.79 Å². The Morgan fingerprint density at radius 3 is 2.74 bits per heavy atom. The van der Waals surface area contributed by atoms with Crippen LogP contribution in [0.25, 0.3) is 0 Å². The van der Waals surface area contributed by atoms with Crippen molar-refractivity contribution in [2.75, 3.05) is 31.6 Å². The zero-order valence-corrected chi connectivity index (χ0v) is 11.3. The Morgan fingerprint density at radius 2 is 2.05 bits per heavy atom. The van der Waals surface area contributed by atoms with Gasteiger partial charge in [0.25, 0.3) is 5.91 Å². The summed E-state index contributed by atoms with van der Waals surface area (Å²) in [6.45, 7) is 4.69. The van der Waals surface area contributed by atoms with Crippen molar-refractivity contribution in [1.82, 2.24) is 4.90 Å². The highest BCUT2D eigenvalue weighted by molar-refractivity contribution is 6.00. The fraction of sp³-hybridized carbons (Fsp3) is 0.533. The molecule has 0 aromatic heterocycles. The monoisotopic (exact) mass is 260 g/mol. The van der Waals surface area contributed by atoms with Crippen molar-refractivity contribution in [3.63, 3.8) is 0 Å². The summed E-state index contributed by atoms with van der Waals surface area (Å²) in [6, 6.07) is 6.63. The lowest BCUT2D eigenvalue weighted by Gasteiger charge is -2.27. The summed E-state index contributed by atoms with van der Waals surface area (Å²) >= 11 is 0. The molecule has 0 spiro atoms. The number of ether oxygens (including phenoxy) is 1. The van der Waals surface area contributed by atoms with Gasteiger partial charge >= 0.3 is 0 Å². The molecule has 0 atom stereocenters. The first-order chi connectivity index (χ1) is 9.24. The molecule has 0 radical (unpaired) electrons. The minimum absolute atomic E-state index is 0.121. The zero-order valence-electron chi connectivity index (χ0n) is 11.3. The molecule has 1 aliphatic carbocycles. The van der Waals surface area contributed by atoms with Crippen molar-refractivity contribution in [3.8, 4) is 0 Å². The molecule has 1 amide bonds. The van der Waals surface area contributed by atoms with Crippen molar-refractivity contribution < 1.29 is 9.53 Å². The first kappa shape index (κ1) is 12.5. The van der Waals surface area contributed by atoms with E-state index >= 15 is 0 Å². The van der Waals surface area contributed by atoms with Crippen LogP contribution < -0.4 is 5.32 Å². The summed E-state index contributed by atoms with van der Waals surface area (Å²) in [5.41, 5.74) is 2.90. The van der Waals surface area contributed by atoms with Crippen molar-refractivity contribution >= 4 is 11.6 Å². The van der Waals surface area contributed by atoms with Crippen LogP contribution in [0.3, 0.4) is 0 Å². The molecule has 1 aromatic rings. The summed E-state index contributed by atoms with van der Waals surface area (Å²) in [5, 5.41) is 3.45. The number of morpholine rings is 1. The molecule has 1 aliphatic heterocycles. The molecule has 1 heterocycles. The molecule has 19 heavy (non-hydrogen) atoms. The molecule has 102 valence electrons. The van der Waals surface area contributed by atoms with Crippen molar-refractivity contribution in [2.45, 2.75) is 25.8 Å². The second kappa shape index (κ2) is 5.21. The van der Waals surface area contributed by atoms with Gasteiger partial charge < -0.3 is 15.0 Å². The lowest BCUT2D eigenvalue weighted by atomic mass is 10.1. The van der Waals surface area contributed by atoms with E-state index in [2.05, 4.69) is 11.4 Å². The Balaban J connectivity index is 1.83. The molecule has 3 rings (SSSR count). The Kier molecular flexibility index (Phi) is 3.42. The summed E-state index contributed by atoms with van der Waals surface area (Å²) < 4.78 is 5.30. The molecule has 1 aromatic carbocycles. The number of benzene rings is 1. The molecule has 4 nitrogen and oxygen atoms in total. The fourth-order valence-corrected chi connectivity index (χ4v) is 2.35. The highest BCUT2D eigenvalue weighted by Crippen LogP contribution is 2.28. The second-order valence-corrected chi connectivity index (χ2v) is 5.37. The van der Waals surface area contributed by atoms with Gasteiger partial charge in [0.15, 0.2) is 0 Å². The number of hydrogen-bond acceptors (Lipinski definition) is 3. The van der Waals surface area contributed by atoms with Crippen LogP contribution in [-0.2, 0) is 4.74 Å². The van der Waals surface area contributed by atoms with Gasteiger partial charge in [-0.1, -0.05) is 11.6 Å². The number of rotatable bonds is 3. The normalized spacial score (nSPS) is 19.3. The van der Waals surface area contributed by atoms with E-state index in [1.54, 1.807) is 0 Å². The highest BCUT2D eigenvalue weighted by atomic mass is 16.5. The van der Waals surface area contributed by atoms with Crippen molar-refractivity contribution in [2.24, 2.45) is 0 Å². The number of aryl methyl sites for hydroxylation is 1. The number of nitrogens with zero attached hydrogens (tertiary/aromatic N) is 1. The molecule has 2 fully saturated rings. The van der Waals surface area contributed by atoms with Crippen LogP contribution in [0.15, 0.2) is 18.2 Å². The van der Waals surface area contributed by atoms with Gasteiger partial charge in [0.2, 0.25) is 0 Å². The predicted molar refractivity (Wildman–Crippen MR) is 74.5 cm³/mol. The molecule has 1 N–H and O–H groups in total. The van der Waals surface area contributed by atoms with E-state index in [4.69, 9.17) is 4.74 Å². The van der Waals surface area contributed by atoms with Crippen LogP contribution in [0.2, 0.25) is 0 Å². The maximum atomic E-state index is 12.6. The Bertz CT molecular complexity index is 477. The van der Waals surface area contributed by atoms with E-state index in [1.165, 1.54) is 12.8 Å². The van der Waals surface area contributed by atoms with Gasteiger partial charge in [0.05, 0.1) is 18.8 Å². The second-order valence-electron chi connectivity index (χ2n) is 5.37. The quantitative estimate of drug-likeness (QED) is 0.904. The first-order valence-electron chi connectivity index (χ1n) is 6.98. The minimum atomic E-state index is 0.121. The van der Waals surface area contributed by atoms with E-state index in [9.17, 15) is 4.79 Å². The number of carbonyl (C=O) groups is 1. The summed E-state index contributed by atoms with van der Waals surface area (Å²) in [7, 11) is 0. The smallest absolute Gasteiger partial charge is 0.256 e. The number of anilines is 1. The van der Waals surface area contributed by atoms with Crippen LogP contribution in [-0.4, -0.2) is 43.2 Å². The number of hydrogen-bond donors (Lipinski definition) is 1. The maximum absolute atomic E-state index is 12.6. The van der Waals surface area contributed by atoms with Crippen molar-refractivity contribution in [3.05, 3.63) is 29.3 Å². The molecule has 4 heteroatoms. The average molecular weight is 260 g/mol. The molecule has 0 unspecified atom stereocenters. The number of amides is 1. The predicted octanol–water partition coefficient (Wildman–Crippen LogP) is 2.04. The zero-order chi connectivity index (χ0) is 13.2. The van der Waals surface area contributed by atoms with E-state index in [0.717, 1.165) is 16.8 Å². The van der Waals surface area contributed by atoms with E-state index in [0.29, 0.717) is 32.3 Å². The van der Waals surface area contributed by atoms with E-state index < -0.39 is 0 Å². The fourth-order valence-electron chi connectivity index (χ4n) is 2.35. The molecule has 2 aliphatic rings. The first-order valence-corrected chi connectivity index (χ1v) is 6.98. The molecule has 0 bridgehead atoms. The topological polar surface area (TPSA) is 41.6 Å². The minimum Gasteiger partial charge on any atom is -0.382 e. The number of nitrogens with one attached hydrogen (secondary N) is 1. The third-order valence-corrected chi connectivity index (χ3v) is 3.64. The SMILES string of the molecule is Cc1ccc(NC2CC2)c(C(=O)N2CCOCC2)c1. The van der Waals surface area contributed by atoms with Crippen molar-refractivity contribution in [1.29, 1.82) is 0 Å². The van der Waals surface area contributed by atoms with Crippen LogP contribution in [0.1, 0.15) is 28.8 Å². The van der Waals surface area contributed by atoms with Gasteiger partial charge in [-0.05, 0) is 31.9 Å². The standard InChI is InChI=1S/C15H20N2O2/c1-11-2-5-14(16-12-3-4-12)13(10-11)15(18)17-6-8-19-9-7-17/h2,5,10,12,16H,3-4,6-9H2,1H3. The van der Waals surface area contributed by atoms with Gasteiger partial charge in [0.1, 0.15) is 0 Å². The highest BCUT2D eigenvalue weighted by Gasteiger charge is 2.25. The maximum Gasteiger partial charge on any atom is 0.256 e. The average Bonchev–Trinajstić information content (AvgIpc) is 3.25.